The van der Waals surface area contributed by atoms with E-state index in [1.165, 1.54) is 129 Å². The van der Waals surface area contributed by atoms with Gasteiger partial charge in [-0.05, 0) is 12.8 Å². The lowest BCUT2D eigenvalue weighted by Crippen LogP contribution is -3.21. The Morgan fingerprint density at radius 3 is 1.41 bits per heavy atom. The second kappa shape index (κ2) is 34.0. The molecule has 0 saturated carbocycles. The van der Waals surface area contributed by atoms with Crippen molar-refractivity contribution in [1.82, 2.24) is 4.90 Å². The van der Waals surface area contributed by atoms with E-state index < -0.39 is 0 Å². The van der Waals surface area contributed by atoms with E-state index in [2.05, 4.69) is 39.9 Å². The molecule has 0 radical (unpaired) electrons. The van der Waals surface area contributed by atoms with Crippen LogP contribution in [-0.2, 0) is 19.1 Å². The van der Waals surface area contributed by atoms with Gasteiger partial charge in [0.15, 0.2) is 0 Å². The minimum absolute atomic E-state index is 0.257. The van der Waals surface area contributed by atoms with Crippen molar-refractivity contribution in [3.05, 3.63) is 24.3 Å². The maximum absolute atomic E-state index is 12.4. The molecule has 0 amide bonds. The lowest BCUT2D eigenvalue weighted by atomic mass is 10.1. The molecule has 4 N–H and O–H groups in total. The Morgan fingerprint density at radius 1 is 0.529 bits per heavy atom. The van der Waals surface area contributed by atoms with Crippen molar-refractivity contribution >= 4 is 11.9 Å². The largest absolute Gasteiger partial charge is 0.463 e. The van der Waals surface area contributed by atoms with Crippen LogP contribution < -0.4 is 19.6 Å². The number of quaternary nitrogens is 4. The minimum atomic E-state index is -0.257. The number of nitrogens with zero attached hydrogens (tertiary/aromatic N) is 1. The van der Waals surface area contributed by atoms with Crippen LogP contribution in [0, 0.1) is 0 Å². The van der Waals surface area contributed by atoms with Gasteiger partial charge in [0.05, 0.1) is 67.1 Å². The average molecular weight is 724 g/mol. The summed E-state index contributed by atoms with van der Waals surface area (Å²) in [5.41, 5.74) is 0. The van der Waals surface area contributed by atoms with Crippen LogP contribution in [-0.4, -0.2) is 130 Å². The van der Waals surface area contributed by atoms with E-state index >= 15 is 0 Å². The van der Waals surface area contributed by atoms with E-state index in [9.17, 15) is 9.59 Å². The zero-order valence-electron chi connectivity index (χ0n) is 34.3. The van der Waals surface area contributed by atoms with Crippen LogP contribution in [0.2, 0.25) is 0 Å². The number of rotatable bonds is 26. The fraction of sp³-hybridized carbons (Fsp3) is 0.857. The molecular weight excluding hydrogens is 638 g/mol. The van der Waals surface area contributed by atoms with Crippen LogP contribution in [0.1, 0.15) is 123 Å². The van der Waals surface area contributed by atoms with Crippen molar-refractivity contribution < 1.29 is 38.7 Å². The third-order valence-corrected chi connectivity index (χ3v) is 10.4. The Hall–Kier alpha value is -1.78. The SMILES string of the molecule is CCCCCCCCCOC(=O)/C=C/CN(C/C=C/C(=O)OCCCCCCCCC)CCC[NH+]1CCC[NH+](C)CC[NH+](C)CCC[NH+](C)CC1. The Morgan fingerprint density at radius 2 is 0.941 bits per heavy atom. The molecule has 51 heavy (non-hydrogen) atoms. The summed E-state index contributed by atoms with van der Waals surface area (Å²) in [6.45, 7) is 18.7. The van der Waals surface area contributed by atoms with Gasteiger partial charge < -0.3 is 29.1 Å². The first-order valence-electron chi connectivity index (χ1n) is 21.5. The van der Waals surface area contributed by atoms with Crippen molar-refractivity contribution in [2.75, 3.05) is 113 Å². The highest BCUT2D eigenvalue weighted by Gasteiger charge is 2.16. The van der Waals surface area contributed by atoms with Crippen LogP contribution >= 0.6 is 0 Å². The van der Waals surface area contributed by atoms with Gasteiger partial charge in [-0.15, -0.1) is 0 Å². The molecule has 1 fully saturated rings. The number of hydrogen-bond acceptors (Lipinski definition) is 5. The van der Waals surface area contributed by atoms with Gasteiger partial charge in [-0.3, -0.25) is 4.90 Å². The van der Waals surface area contributed by atoms with E-state index in [4.69, 9.17) is 9.47 Å². The number of ether oxygens (including phenoxy) is 2. The predicted octanol–water partition coefficient (Wildman–Crippen LogP) is 1.60. The zero-order chi connectivity index (χ0) is 37.2. The van der Waals surface area contributed by atoms with Gasteiger partial charge in [-0.2, -0.15) is 0 Å². The lowest BCUT2D eigenvalue weighted by molar-refractivity contribution is -0.963. The monoisotopic (exact) mass is 724 g/mol. The molecule has 1 saturated heterocycles. The second-order valence-electron chi connectivity index (χ2n) is 15.6. The second-order valence-corrected chi connectivity index (χ2v) is 15.6. The number of carbonyl (C=O) groups is 2. The van der Waals surface area contributed by atoms with Crippen LogP contribution in [0.3, 0.4) is 0 Å². The van der Waals surface area contributed by atoms with Gasteiger partial charge in [-0.1, -0.05) is 103 Å². The van der Waals surface area contributed by atoms with E-state index in [-0.39, 0.29) is 11.9 Å². The van der Waals surface area contributed by atoms with E-state index in [0.29, 0.717) is 26.3 Å². The minimum Gasteiger partial charge on any atom is -0.463 e. The summed E-state index contributed by atoms with van der Waals surface area (Å²) in [7, 11) is 7.06. The third kappa shape index (κ3) is 30.4. The van der Waals surface area contributed by atoms with Gasteiger partial charge >= 0.3 is 11.9 Å². The fourth-order valence-electron chi connectivity index (χ4n) is 6.86. The number of nitrogens with one attached hydrogen (secondary N) is 4. The smallest absolute Gasteiger partial charge is 0.330 e. The molecule has 298 valence electrons. The van der Waals surface area contributed by atoms with Crippen molar-refractivity contribution in [2.24, 2.45) is 0 Å². The summed E-state index contributed by atoms with van der Waals surface area (Å²) < 4.78 is 10.9. The highest BCUT2D eigenvalue weighted by atomic mass is 16.5. The lowest BCUT2D eigenvalue weighted by Gasteiger charge is -2.25. The van der Waals surface area contributed by atoms with Crippen molar-refractivity contribution in [3.8, 4) is 0 Å². The summed E-state index contributed by atoms with van der Waals surface area (Å²) in [6.07, 6.45) is 27.5. The van der Waals surface area contributed by atoms with E-state index in [0.717, 1.165) is 45.2 Å². The predicted molar refractivity (Wildman–Crippen MR) is 212 cm³/mol. The average Bonchev–Trinajstić information content (AvgIpc) is 3.11. The maximum Gasteiger partial charge on any atom is 0.330 e. The summed E-state index contributed by atoms with van der Waals surface area (Å²) in [5.74, 6) is -0.514. The normalized spacial score (nSPS) is 21.3. The molecule has 0 spiro atoms. The summed E-state index contributed by atoms with van der Waals surface area (Å²) in [6, 6.07) is 0. The van der Waals surface area contributed by atoms with Gasteiger partial charge in [0.25, 0.3) is 0 Å². The Labute approximate surface area is 315 Å². The number of unbranched alkanes of at least 4 members (excludes halogenated alkanes) is 12. The summed E-state index contributed by atoms with van der Waals surface area (Å²) >= 11 is 0. The summed E-state index contributed by atoms with van der Waals surface area (Å²) in [4.78, 5) is 33.8. The zero-order valence-corrected chi connectivity index (χ0v) is 34.3. The summed E-state index contributed by atoms with van der Waals surface area (Å²) in [5, 5.41) is 0. The van der Waals surface area contributed by atoms with Crippen LogP contribution in [0.4, 0.5) is 0 Å². The van der Waals surface area contributed by atoms with Crippen molar-refractivity contribution in [3.63, 3.8) is 0 Å². The Kier molecular flexibility index (Phi) is 31.5. The van der Waals surface area contributed by atoms with E-state index in [1.54, 1.807) is 31.8 Å². The Bertz CT molecular complexity index is 841. The number of carbonyl (C=O) groups excluding carboxylic acids is 2. The maximum atomic E-state index is 12.4. The number of likely N-dealkylation sites (N-methyl/N-ethyl adjacent to an activating group) is 3. The highest BCUT2D eigenvalue weighted by Crippen LogP contribution is 2.08. The van der Waals surface area contributed by atoms with Gasteiger partial charge in [0, 0.05) is 51.0 Å². The molecule has 1 rings (SSSR count). The molecule has 0 aromatic heterocycles. The quantitative estimate of drug-likeness (QED) is 0.0621. The van der Waals surface area contributed by atoms with Gasteiger partial charge in [0.2, 0.25) is 0 Å². The first-order valence-corrected chi connectivity index (χ1v) is 21.5. The topological polar surface area (TPSA) is 73.6 Å². The number of esters is 2. The molecule has 1 aliphatic heterocycles. The highest BCUT2D eigenvalue weighted by molar-refractivity contribution is 5.82. The van der Waals surface area contributed by atoms with Crippen LogP contribution in [0.25, 0.3) is 0 Å². The fourth-order valence-corrected chi connectivity index (χ4v) is 6.86. The molecule has 0 aliphatic carbocycles. The molecular formula is C42H85N5O4+4. The van der Waals surface area contributed by atoms with Gasteiger partial charge in [0.1, 0.15) is 26.2 Å². The van der Waals surface area contributed by atoms with Crippen molar-refractivity contribution in [1.29, 1.82) is 0 Å². The molecule has 1 aliphatic rings. The van der Waals surface area contributed by atoms with Crippen LogP contribution in [0.15, 0.2) is 24.3 Å². The van der Waals surface area contributed by atoms with E-state index in [1.807, 2.05) is 12.2 Å². The molecule has 9 heteroatoms. The molecule has 0 aromatic rings. The molecule has 1 heterocycles. The molecule has 4 unspecified atom stereocenters. The first kappa shape index (κ1) is 47.2. The molecule has 0 bridgehead atoms. The van der Waals surface area contributed by atoms with Crippen LogP contribution in [0.5, 0.6) is 0 Å². The molecule has 9 nitrogen and oxygen atoms in total. The molecule has 0 aromatic carbocycles. The number of hydrogen-bond donors (Lipinski definition) is 4. The van der Waals surface area contributed by atoms with Crippen molar-refractivity contribution in [2.45, 2.75) is 123 Å². The first-order chi connectivity index (χ1) is 24.8. The third-order valence-electron chi connectivity index (χ3n) is 10.4. The molecule has 4 atom stereocenters. The van der Waals surface area contributed by atoms with Gasteiger partial charge in [-0.25, -0.2) is 9.59 Å². The Balaban J connectivity index is 2.62. The standard InChI is InChI=1S/C42H81N5O4/c1-6-8-10-12-14-16-18-39-50-41(48)25-20-30-46(31-21-26-42(49)51-40-19-17-15-13-11-9-7-2)33-24-34-47-32-23-29-44(4)36-35-43(3)27-22-28-45(5)37-38-47/h20-21,25-26H,6-19,22-24,27-40H2,1-5H3/p+4/b25-20+,26-21+.